The van der Waals surface area contributed by atoms with Crippen LogP contribution in [0.1, 0.15) is 54.3 Å². The number of aromatic carboxylic acids is 1. The van der Waals surface area contributed by atoms with Crippen molar-refractivity contribution in [2.45, 2.75) is 44.8 Å². The molecule has 94 valence electrons. The van der Waals surface area contributed by atoms with Gasteiger partial charge in [-0.25, -0.2) is 9.78 Å². The highest BCUT2D eigenvalue weighted by molar-refractivity contribution is 5.85. The van der Waals surface area contributed by atoms with Crippen molar-refractivity contribution in [2.75, 3.05) is 7.11 Å². The minimum atomic E-state index is -0.975. The van der Waals surface area contributed by atoms with E-state index < -0.39 is 5.97 Å². The first-order valence-electron chi connectivity index (χ1n) is 6.01. The lowest BCUT2D eigenvalue weighted by Crippen LogP contribution is -2.12. The van der Waals surface area contributed by atoms with E-state index in [4.69, 9.17) is 9.84 Å². The second-order valence-corrected chi connectivity index (χ2v) is 4.51. The molecule has 1 N–H and O–H groups in total. The third kappa shape index (κ3) is 2.66. The van der Waals surface area contributed by atoms with E-state index in [1.165, 1.54) is 19.3 Å². The van der Waals surface area contributed by atoms with Crippen molar-refractivity contribution in [3.8, 4) is 0 Å². The van der Waals surface area contributed by atoms with E-state index >= 15 is 0 Å². The maximum absolute atomic E-state index is 10.9. The summed E-state index contributed by atoms with van der Waals surface area (Å²) in [5, 5.41) is 8.97. The smallest absolute Gasteiger partial charge is 0.356 e. The van der Waals surface area contributed by atoms with Gasteiger partial charge in [-0.05, 0) is 12.8 Å². The molecule has 1 heterocycles. The second-order valence-electron chi connectivity index (χ2n) is 4.51. The van der Waals surface area contributed by atoms with Crippen LogP contribution in [-0.2, 0) is 11.5 Å². The van der Waals surface area contributed by atoms with Gasteiger partial charge in [-0.2, -0.15) is 0 Å². The van der Waals surface area contributed by atoms with Crippen LogP contribution in [0.15, 0.2) is 6.20 Å². The molecule has 0 atom stereocenters. The van der Waals surface area contributed by atoms with Crippen LogP contribution in [0.4, 0.5) is 0 Å². The first-order chi connectivity index (χ1) is 8.22. The zero-order chi connectivity index (χ0) is 12.3. The van der Waals surface area contributed by atoms with Gasteiger partial charge in [-0.1, -0.05) is 19.3 Å². The van der Waals surface area contributed by atoms with E-state index in [1.807, 2.05) is 4.57 Å². The van der Waals surface area contributed by atoms with Crippen LogP contribution in [0.2, 0.25) is 0 Å². The van der Waals surface area contributed by atoms with Crippen LogP contribution in [0.5, 0.6) is 0 Å². The fraction of sp³-hybridized carbons (Fsp3) is 0.667. The minimum Gasteiger partial charge on any atom is -0.476 e. The van der Waals surface area contributed by atoms with E-state index in [0.717, 1.165) is 18.7 Å². The molecule has 1 aromatic rings. The lowest BCUT2D eigenvalue weighted by Gasteiger charge is -2.21. The van der Waals surface area contributed by atoms with Gasteiger partial charge in [-0.15, -0.1) is 0 Å². The Kier molecular flexibility index (Phi) is 3.78. The average molecular weight is 238 g/mol. The number of hydrogen-bond acceptors (Lipinski definition) is 3. The van der Waals surface area contributed by atoms with Crippen molar-refractivity contribution in [3.05, 3.63) is 17.7 Å². The Balaban J connectivity index is 2.25. The molecule has 0 radical (unpaired) electrons. The third-order valence-electron chi connectivity index (χ3n) is 3.27. The molecular formula is C12H18N2O3. The van der Waals surface area contributed by atoms with E-state index in [9.17, 15) is 4.79 Å². The molecule has 1 aliphatic rings. The summed E-state index contributed by atoms with van der Waals surface area (Å²) in [7, 11) is 1.60. The zero-order valence-electron chi connectivity index (χ0n) is 10.1. The molecule has 1 fully saturated rings. The van der Waals surface area contributed by atoms with Crippen LogP contribution < -0.4 is 0 Å². The highest BCUT2D eigenvalue weighted by Gasteiger charge is 2.22. The van der Waals surface area contributed by atoms with Gasteiger partial charge in [0.2, 0.25) is 0 Å². The summed E-state index contributed by atoms with van der Waals surface area (Å²) in [6, 6.07) is 0. The quantitative estimate of drug-likeness (QED) is 0.873. The molecule has 5 heteroatoms. The average Bonchev–Trinajstić information content (AvgIpc) is 2.75. The number of nitrogens with zero attached hydrogens (tertiary/aromatic N) is 2. The monoisotopic (exact) mass is 238 g/mol. The van der Waals surface area contributed by atoms with Crippen molar-refractivity contribution >= 4 is 5.97 Å². The predicted molar refractivity (Wildman–Crippen MR) is 62.0 cm³/mol. The van der Waals surface area contributed by atoms with E-state index in [1.54, 1.807) is 13.3 Å². The molecule has 0 saturated heterocycles. The largest absolute Gasteiger partial charge is 0.476 e. The highest BCUT2D eigenvalue weighted by atomic mass is 16.5. The second kappa shape index (κ2) is 5.31. The number of carboxylic acid groups (broad SMARTS) is 1. The van der Waals surface area contributed by atoms with Crippen molar-refractivity contribution in [1.29, 1.82) is 0 Å². The van der Waals surface area contributed by atoms with Gasteiger partial charge < -0.3 is 14.4 Å². The molecule has 0 aliphatic heterocycles. The molecule has 5 nitrogen and oxygen atoms in total. The Hall–Kier alpha value is -1.36. The first-order valence-corrected chi connectivity index (χ1v) is 6.01. The van der Waals surface area contributed by atoms with Gasteiger partial charge in [0.05, 0.1) is 0 Å². The van der Waals surface area contributed by atoms with Crippen LogP contribution in [0.25, 0.3) is 0 Å². The van der Waals surface area contributed by atoms with E-state index in [0.29, 0.717) is 12.6 Å². The maximum atomic E-state index is 10.9. The molecule has 0 bridgehead atoms. The number of hydrogen-bond donors (Lipinski definition) is 1. The molecule has 0 aromatic carbocycles. The lowest BCUT2D eigenvalue weighted by molar-refractivity contribution is 0.0690. The van der Waals surface area contributed by atoms with Gasteiger partial charge in [0.25, 0.3) is 0 Å². The molecular weight excluding hydrogens is 220 g/mol. The number of imidazole rings is 1. The summed E-state index contributed by atoms with van der Waals surface area (Å²) >= 11 is 0. The number of carbonyl (C=O) groups is 1. The normalized spacial score (nSPS) is 17.2. The Morgan fingerprint density at radius 3 is 2.82 bits per heavy atom. The third-order valence-corrected chi connectivity index (χ3v) is 3.27. The fourth-order valence-electron chi connectivity index (χ4n) is 2.46. The molecule has 1 saturated carbocycles. The number of methoxy groups -OCH3 is 1. The highest BCUT2D eigenvalue weighted by Crippen LogP contribution is 2.32. The molecule has 1 aromatic heterocycles. The summed E-state index contributed by atoms with van der Waals surface area (Å²) in [6.07, 6.45) is 7.43. The van der Waals surface area contributed by atoms with Crippen LogP contribution in [0, 0.1) is 0 Å². The van der Waals surface area contributed by atoms with E-state index in [2.05, 4.69) is 4.98 Å². The van der Waals surface area contributed by atoms with Crippen molar-refractivity contribution in [3.63, 3.8) is 0 Å². The number of carboxylic acids is 1. The number of aromatic nitrogens is 2. The fourth-order valence-corrected chi connectivity index (χ4v) is 2.46. The van der Waals surface area contributed by atoms with Crippen LogP contribution >= 0.6 is 0 Å². The zero-order valence-corrected chi connectivity index (χ0v) is 10.1. The summed E-state index contributed by atoms with van der Waals surface area (Å²) in [4.78, 5) is 15.2. The van der Waals surface area contributed by atoms with Crippen molar-refractivity contribution in [1.82, 2.24) is 9.55 Å². The summed E-state index contributed by atoms with van der Waals surface area (Å²) < 4.78 is 6.90. The van der Waals surface area contributed by atoms with Gasteiger partial charge in [0.15, 0.2) is 5.69 Å². The number of ether oxygens (including phenoxy) is 1. The van der Waals surface area contributed by atoms with Crippen LogP contribution in [0.3, 0.4) is 0 Å². The Morgan fingerprint density at radius 1 is 1.53 bits per heavy atom. The Labute approximate surface area is 100 Å². The lowest BCUT2D eigenvalue weighted by atomic mass is 9.89. The first kappa shape index (κ1) is 12.1. The molecule has 0 spiro atoms. The minimum absolute atomic E-state index is 0.114. The summed E-state index contributed by atoms with van der Waals surface area (Å²) in [5.41, 5.74) is 0.114. The molecule has 1 aliphatic carbocycles. The van der Waals surface area contributed by atoms with Crippen molar-refractivity contribution in [2.24, 2.45) is 0 Å². The van der Waals surface area contributed by atoms with Crippen LogP contribution in [-0.4, -0.2) is 27.7 Å². The predicted octanol–water partition coefficient (Wildman–Crippen LogP) is 2.23. The number of rotatable bonds is 4. The standard InChI is InChI=1S/C12H18N2O3/c1-17-8-14-7-10(12(15)16)13-11(14)9-5-3-2-4-6-9/h7,9H,2-6,8H2,1H3,(H,15,16). The molecule has 0 amide bonds. The molecule has 0 unspecified atom stereocenters. The Morgan fingerprint density at radius 2 is 2.24 bits per heavy atom. The maximum Gasteiger partial charge on any atom is 0.356 e. The topological polar surface area (TPSA) is 64.3 Å². The molecule has 2 rings (SSSR count). The SMILES string of the molecule is COCn1cc(C(=O)O)nc1C1CCCCC1. The van der Waals surface area contributed by atoms with Crippen molar-refractivity contribution < 1.29 is 14.6 Å². The van der Waals surface area contributed by atoms with Gasteiger partial charge in [-0.3, -0.25) is 0 Å². The summed E-state index contributed by atoms with van der Waals surface area (Å²) in [5.74, 6) is 0.271. The van der Waals surface area contributed by atoms with Gasteiger partial charge in [0, 0.05) is 19.2 Å². The van der Waals surface area contributed by atoms with Gasteiger partial charge >= 0.3 is 5.97 Å². The Bertz CT molecular complexity index is 394. The molecule has 17 heavy (non-hydrogen) atoms. The van der Waals surface area contributed by atoms with Gasteiger partial charge in [0.1, 0.15) is 12.6 Å². The summed E-state index contributed by atoms with van der Waals surface area (Å²) in [6.45, 7) is 0.367. The van der Waals surface area contributed by atoms with E-state index in [-0.39, 0.29) is 5.69 Å².